The highest BCUT2D eigenvalue weighted by atomic mass is 32.1. The fourth-order valence-corrected chi connectivity index (χ4v) is 1.46. The second-order valence-corrected chi connectivity index (χ2v) is 3.31. The topological polar surface area (TPSA) is 39.2 Å². The van der Waals surface area contributed by atoms with Crippen molar-refractivity contribution in [2.45, 2.75) is 13.8 Å². The van der Waals surface area contributed by atoms with Gasteiger partial charge in [0.25, 0.3) is 0 Å². The van der Waals surface area contributed by atoms with E-state index in [-0.39, 0.29) is 5.97 Å². The van der Waals surface area contributed by atoms with Gasteiger partial charge in [-0.15, -0.1) is 11.3 Å². The number of carbonyl (C=O) groups is 1. The Hall–Kier alpha value is -1.16. The van der Waals surface area contributed by atoms with Crippen LogP contribution in [0.3, 0.4) is 0 Å². The van der Waals surface area contributed by atoms with Crippen molar-refractivity contribution in [3.05, 3.63) is 22.7 Å². The molecule has 0 saturated carbocycles. The molecule has 1 aromatic heterocycles. The normalized spacial score (nSPS) is 11.4. The van der Waals surface area contributed by atoms with E-state index >= 15 is 0 Å². The van der Waals surface area contributed by atoms with E-state index < -0.39 is 0 Å². The average Bonchev–Trinajstić information content (AvgIpc) is 2.55. The summed E-state index contributed by atoms with van der Waals surface area (Å²) in [5.41, 5.74) is 0.841. The minimum atomic E-state index is -0.310. The van der Waals surface area contributed by atoms with Gasteiger partial charge < -0.3 is 4.74 Å². The number of thiazole rings is 1. The fraction of sp³-hybridized carbons (Fsp3) is 0.333. The van der Waals surface area contributed by atoms with Gasteiger partial charge in [0.15, 0.2) is 0 Å². The zero-order valence-corrected chi connectivity index (χ0v) is 8.43. The summed E-state index contributed by atoms with van der Waals surface area (Å²) < 4.78 is 4.77. The highest BCUT2D eigenvalue weighted by Crippen LogP contribution is 2.15. The van der Waals surface area contributed by atoms with E-state index in [1.54, 1.807) is 13.1 Å². The zero-order chi connectivity index (χ0) is 9.68. The highest BCUT2D eigenvalue weighted by molar-refractivity contribution is 7.10. The van der Waals surface area contributed by atoms with Gasteiger partial charge in [0.05, 0.1) is 6.61 Å². The Labute approximate surface area is 81.1 Å². The second-order valence-electron chi connectivity index (χ2n) is 2.42. The molecule has 0 unspecified atom stereocenters. The van der Waals surface area contributed by atoms with Crippen molar-refractivity contribution in [1.82, 2.24) is 4.98 Å². The molecule has 4 heteroatoms. The van der Waals surface area contributed by atoms with Crippen molar-refractivity contribution >= 4 is 22.9 Å². The molecule has 0 fully saturated rings. The summed E-state index contributed by atoms with van der Waals surface area (Å²) >= 11 is 1.50. The SMILES string of the molecule is CCOC(=O)/C=C(/C)c1nccs1. The number of hydrogen-bond acceptors (Lipinski definition) is 4. The molecule has 13 heavy (non-hydrogen) atoms. The predicted molar refractivity (Wildman–Crippen MR) is 52.4 cm³/mol. The molecule has 1 rings (SSSR count). The molecule has 3 nitrogen and oxygen atoms in total. The lowest BCUT2D eigenvalue weighted by Gasteiger charge is -1.97. The Morgan fingerprint density at radius 3 is 3.08 bits per heavy atom. The molecule has 0 aromatic carbocycles. The summed E-state index contributed by atoms with van der Waals surface area (Å²) in [6, 6.07) is 0. The Morgan fingerprint density at radius 2 is 2.54 bits per heavy atom. The molecule has 1 heterocycles. The molecule has 0 amide bonds. The van der Waals surface area contributed by atoms with Gasteiger partial charge >= 0.3 is 5.97 Å². The summed E-state index contributed by atoms with van der Waals surface area (Å²) in [5.74, 6) is -0.310. The smallest absolute Gasteiger partial charge is 0.331 e. The van der Waals surface area contributed by atoms with Gasteiger partial charge in [-0.3, -0.25) is 0 Å². The lowest BCUT2D eigenvalue weighted by atomic mass is 10.3. The van der Waals surface area contributed by atoms with Crippen LogP contribution in [0.15, 0.2) is 17.7 Å². The number of aromatic nitrogens is 1. The minimum Gasteiger partial charge on any atom is -0.463 e. The maximum Gasteiger partial charge on any atom is 0.331 e. The van der Waals surface area contributed by atoms with Crippen molar-refractivity contribution in [1.29, 1.82) is 0 Å². The van der Waals surface area contributed by atoms with Crippen LogP contribution in [0, 0.1) is 0 Å². The highest BCUT2D eigenvalue weighted by Gasteiger charge is 2.01. The number of allylic oxidation sites excluding steroid dienone is 1. The van der Waals surface area contributed by atoms with Crippen LogP contribution in [-0.4, -0.2) is 17.6 Å². The van der Waals surface area contributed by atoms with Crippen LogP contribution >= 0.6 is 11.3 Å². The van der Waals surface area contributed by atoms with Crippen molar-refractivity contribution in [3.8, 4) is 0 Å². The van der Waals surface area contributed by atoms with Crippen LogP contribution in [0.1, 0.15) is 18.9 Å². The molecule has 70 valence electrons. The molecule has 0 saturated heterocycles. The van der Waals surface area contributed by atoms with E-state index in [0.29, 0.717) is 6.61 Å². The molecular formula is C9H11NO2S. The Bertz CT molecular complexity index is 303. The largest absolute Gasteiger partial charge is 0.463 e. The number of carbonyl (C=O) groups excluding carboxylic acids is 1. The summed E-state index contributed by atoms with van der Waals surface area (Å²) in [6.07, 6.45) is 3.17. The summed E-state index contributed by atoms with van der Waals surface area (Å²) in [6.45, 7) is 4.03. The van der Waals surface area contributed by atoms with Crippen molar-refractivity contribution in [3.63, 3.8) is 0 Å². The van der Waals surface area contributed by atoms with Crippen LogP contribution in [-0.2, 0) is 9.53 Å². The first-order valence-corrected chi connectivity index (χ1v) is 4.87. The van der Waals surface area contributed by atoms with Gasteiger partial charge in [0.2, 0.25) is 0 Å². The monoisotopic (exact) mass is 197 g/mol. The number of esters is 1. The lowest BCUT2D eigenvalue weighted by Crippen LogP contribution is -1.99. The summed E-state index contributed by atoms with van der Waals surface area (Å²) in [7, 11) is 0. The number of ether oxygens (including phenoxy) is 1. The molecule has 0 bridgehead atoms. The first-order chi connectivity index (χ1) is 6.24. The minimum absolute atomic E-state index is 0.310. The molecule has 0 spiro atoms. The van der Waals surface area contributed by atoms with Crippen LogP contribution in [0.25, 0.3) is 5.57 Å². The molecule has 0 aliphatic heterocycles. The van der Waals surface area contributed by atoms with Gasteiger partial charge in [-0.25, -0.2) is 9.78 Å². The Balaban J connectivity index is 2.67. The van der Waals surface area contributed by atoms with Crippen LogP contribution in [0.2, 0.25) is 0 Å². The van der Waals surface area contributed by atoms with Crippen molar-refractivity contribution in [2.75, 3.05) is 6.61 Å². The van der Waals surface area contributed by atoms with Gasteiger partial charge in [0.1, 0.15) is 5.01 Å². The van der Waals surface area contributed by atoms with Crippen molar-refractivity contribution < 1.29 is 9.53 Å². The van der Waals surface area contributed by atoms with E-state index in [1.807, 2.05) is 12.3 Å². The van der Waals surface area contributed by atoms with Gasteiger partial charge in [-0.1, -0.05) is 0 Å². The number of nitrogens with zero attached hydrogens (tertiary/aromatic N) is 1. The number of rotatable bonds is 3. The third-order valence-electron chi connectivity index (χ3n) is 1.39. The second kappa shape index (κ2) is 4.77. The first kappa shape index (κ1) is 9.92. The number of hydrogen-bond donors (Lipinski definition) is 0. The molecule has 0 atom stereocenters. The first-order valence-electron chi connectivity index (χ1n) is 3.99. The van der Waals surface area contributed by atoms with Gasteiger partial charge in [-0.05, 0) is 19.4 Å². The molecule has 0 aliphatic carbocycles. The fourth-order valence-electron chi connectivity index (χ4n) is 0.841. The van der Waals surface area contributed by atoms with Crippen LogP contribution in [0.4, 0.5) is 0 Å². The van der Waals surface area contributed by atoms with E-state index in [9.17, 15) is 4.79 Å². The predicted octanol–water partition coefficient (Wildman–Crippen LogP) is 2.11. The summed E-state index contributed by atoms with van der Waals surface area (Å²) in [4.78, 5) is 15.1. The molecule has 0 N–H and O–H groups in total. The lowest BCUT2D eigenvalue weighted by molar-refractivity contribution is -0.137. The zero-order valence-electron chi connectivity index (χ0n) is 7.61. The van der Waals surface area contributed by atoms with Gasteiger partial charge in [0, 0.05) is 17.7 Å². The van der Waals surface area contributed by atoms with E-state index in [0.717, 1.165) is 10.6 Å². The molecule has 0 aliphatic rings. The third-order valence-corrected chi connectivity index (χ3v) is 2.30. The molecule has 1 aromatic rings. The molecular weight excluding hydrogens is 186 g/mol. The van der Waals surface area contributed by atoms with Crippen molar-refractivity contribution in [2.24, 2.45) is 0 Å². The third kappa shape index (κ3) is 2.99. The summed E-state index contributed by atoms with van der Waals surface area (Å²) in [5, 5.41) is 2.73. The maximum atomic E-state index is 11.0. The Kier molecular flexibility index (Phi) is 3.64. The van der Waals surface area contributed by atoms with Gasteiger partial charge in [-0.2, -0.15) is 0 Å². The standard InChI is InChI=1S/C9H11NO2S/c1-3-12-8(11)6-7(2)9-10-4-5-13-9/h4-6H,3H2,1-2H3/b7-6-. The van der Waals surface area contributed by atoms with Crippen LogP contribution < -0.4 is 0 Å². The molecule has 0 radical (unpaired) electrons. The average molecular weight is 197 g/mol. The van der Waals surface area contributed by atoms with Crippen LogP contribution in [0.5, 0.6) is 0 Å². The Morgan fingerprint density at radius 1 is 1.77 bits per heavy atom. The van der Waals surface area contributed by atoms with E-state index in [2.05, 4.69) is 4.98 Å². The maximum absolute atomic E-state index is 11.0. The quantitative estimate of drug-likeness (QED) is 0.550. The van der Waals surface area contributed by atoms with E-state index in [4.69, 9.17) is 4.74 Å². The van der Waals surface area contributed by atoms with E-state index in [1.165, 1.54) is 17.4 Å².